The van der Waals surface area contributed by atoms with Crippen LogP contribution in [-0.2, 0) is 24.2 Å². The van der Waals surface area contributed by atoms with Gasteiger partial charge < -0.3 is 4.84 Å². The number of benzene rings is 1. The largest absolute Gasteiger partial charge is 0.390 e. The van der Waals surface area contributed by atoms with Gasteiger partial charge in [-0.2, -0.15) is 5.10 Å². The van der Waals surface area contributed by atoms with Crippen LogP contribution >= 0.6 is 0 Å². The van der Waals surface area contributed by atoms with Gasteiger partial charge in [0.2, 0.25) is 0 Å². The van der Waals surface area contributed by atoms with Gasteiger partial charge in [-0.25, -0.2) is 0 Å². The highest BCUT2D eigenvalue weighted by atomic mass is 16.6. The SMILES string of the molecule is CCc1n[nH]c2c1CN(C[C@H]1CC(c3ccccc3)=NO1)CC2. The van der Waals surface area contributed by atoms with Gasteiger partial charge in [0.25, 0.3) is 0 Å². The van der Waals surface area contributed by atoms with Crippen LogP contribution in [0.3, 0.4) is 0 Å². The molecule has 0 aliphatic carbocycles. The molecule has 0 spiro atoms. The molecule has 0 saturated carbocycles. The van der Waals surface area contributed by atoms with Gasteiger partial charge in [0.1, 0.15) is 6.10 Å². The first-order chi connectivity index (χ1) is 11.3. The van der Waals surface area contributed by atoms with Gasteiger partial charge in [-0.05, 0) is 12.0 Å². The number of nitrogens with zero attached hydrogens (tertiary/aromatic N) is 3. The fraction of sp³-hybridized carbons (Fsp3) is 0.444. The number of hydrogen-bond acceptors (Lipinski definition) is 4. The van der Waals surface area contributed by atoms with E-state index in [0.29, 0.717) is 0 Å². The Bertz CT molecular complexity index is 694. The standard InChI is InChI=1S/C18H22N4O/c1-2-16-15-12-22(9-8-17(15)20-19-16)11-14-10-18(21-23-14)13-6-4-3-5-7-13/h3-7,14H,2,8-12H2,1H3,(H,19,20)/t14-/m1/s1. The van der Waals surface area contributed by atoms with Crippen LogP contribution in [0, 0.1) is 0 Å². The van der Waals surface area contributed by atoms with E-state index in [4.69, 9.17) is 4.84 Å². The van der Waals surface area contributed by atoms with Crippen LogP contribution in [0.15, 0.2) is 35.5 Å². The average Bonchev–Trinajstić information content (AvgIpc) is 3.22. The third-order valence-electron chi connectivity index (χ3n) is 4.73. The van der Waals surface area contributed by atoms with Gasteiger partial charge in [-0.3, -0.25) is 10.00 Å². The molecule has 1 atom stereocenters. The van der Waals surface area contributed by atoms with Crippen LogP contribution in [0.2, 0.25) is 0 Å². The highest BCUT2D eigenvalue weighted by Crippen LogP contribution is 2.23. The molecule has 5 heteroatoms. The summed E-state index contributed by atoms with van der Waals surface area (Å²) in [7, 11) is 0. The first-order valence-corrected chi connectivity index (χ1v) is 8.39. The zero-order valence-corrected chi connectivity index (χ0v) is 13.5. The van der Waals surface area contributed by atoms with Crippen LogP contribution in [-0.4, -0.2) is 40.0 Å². The Hall–Kier alpha value is -2.14. The maximum atomic E-state index is 5.67. The van der Waals surface area contributed by atoms with Crippen molar-refractivity contribution in [3.63, 3.8) is 0 Å². The van der Waals surface area contributed by atoms with Crippen molar-refractivity contribution in [2.75, 3.05) is 13.1 Å². The van der Waals surface area contributed by atoms with Gasteiger partial charge in [0.05, 0.1) is 11.4 Å². The number of aromatic nitrogens is 2. The Morgan fingerprint density at radius 2 is 2.17 bits per heavy atom. The Balaban J connectivity index is 1.38. The second-order valence-corrected chi connectivity index (χ2v) is 6.30. The molecular formula is C18H22N4O. The molecule has 5 nitrogen and oxygen atoms in total. The second kappa shape index (κ2) is 6.16. The second-order valence-electron chi connectivity index (χ2n) is 6.30. The van der Waals surface area contributed by atoms with Gasteiger partial charge in [-0.1, -0.05) is 42.4 Å². The Morgan fingerprint density at radius 3 is 3.00 bits per heavy atom. The van der Waals surface area contributed by atoms with E-state index in [1.807, 2.05) is 18.2 Å². The number of rotatable bonds is 4. The number of oxime groups is 1. The van der Waals surface area contributed by atoms with Crippen LogP contribution in [0.25, 0.3) is 0 Å². The highest BCUT2D eigenvalue weighted by Gasteiger charge is 2.27. The lowest BCUT2D eigenvalue weighted by Gasteiger charge is -2.28. The van der Waals surface area contributed by atoms with Gasteiger partial charge >= 0.3 is 0 Å². The Morgan fingerprint density at radius 1 is 1.30 bits per heavy atom. The Kier molecular flexibility index (Phi) is 3.87. The predicted octanol–water partition coefficient (Wildman–Crippen LogP) is 2.52. The number of nitrogens with one attached hydrogen (secondary N) is 1. The van der Waals surface area contributed by atoms with E-state index in [2.05, 4.69) is 39.3 Å². The lowest BCUT2D eigenvalue weighted by Crippen LogP contribution is -2.36. The minimum absolute atomic E-state index is 0.156. The Labute approximate surface area is 136 Å². The van der Waals surface area contributed by atoms with Crippen LogP contribution in [0.1, 0.15) is 35.9 Å². The van der Waals surface area contributed by atoms with E-state index in [1.54, 1.807) is 0 Å². The monoisotopic (exact) mass is 310 g/mol. The molecule has 0 radical (unpaired) electrons. The number of H-pyrrole nitrogens is 1. The summed E-state index contributed by atoms with van der Waals surface area (Å²) in [5.74, 6) is 0. The molecule has 3 heterocycles. The number of fused-ring (bicyclic) bond motifs is 1. The van der Waals surface area contributed by atoms with Gasteiger partial charge in [0, 0.05) is 43.7 Å². The minimum Gasteiger partial charge on any atom is -0.390 e. The van der Waals surface area contributed by atoms with Crippen molar-refractivity contribution in [2.45, 2.75) is 38.8 Å². The summed E-state index contributed by atoms with van der Waals surface area (Å²) >= 11 is 0. The highest BCUT2D eigenvalue weighted by molar-refractivity contribution is 6.01. The summed E-state index contributed by atoms with van der Waals surface area (Å²) in [6, 6.07) is 10.3. The molecular weight excluding hydrogens is 288 g/mol. The normalized spacial score (nSPS) is 20.9. The first-order valence-electron chi connectivity index (χ1n) is 8.39. The number of aryl methyl sites for hydroxylation is 1. The molecule has 1 aromatic carbocycles. The zero-order valence-electron chi connectivity index (χ0n) is 13.5. The van der Waals surface area contributed by atoms with E-state index >= 15 is 0 Å². The van der Waals surface area contributed by atoms with Crippen LogP contribution in [0.4, 0.5) is 0 Å². The molecule has 0 unspecified atom stereocenters. The maximum Gasteiger partial charge on any atom is 0.145 e. The van der Waals surface area contributed by atoms with Crippen molar-refractivity contribution in [1.29, 1.82) is 0 Å². The third kappa shape index (κ3) is 2.88. The van der Waals surface area contributed by atoms with E-state index in [9.17, 15) is 0 Å². The first kappa shape index (κ1) is 14.5. The summed E-state index contributed by atoms with van der Waals surface area (Å²) in [6.07, 6.45) is 3.07. The summed E-state index contributed by atoms with van der Waals surface area (Å²) in [6.45, 7) is 5.11. The van der Waals surface area contributed by atoms with Gasteiger partial charge in [-0.15, -0.1) is 0 Å². The van der Waals surface area contributed by atoms with E-state index < -0.39 is 0 Å². The fourth-order valence-electron chi connectivity index (χ4n) is 3.47. The predicted molar refractivity (Wildman–Crippen MR) is 89.4 cm³/mol. The number of aromatic amines is 1. The topological polar surface area (TPSA) is 53.5 Å². The summed E-state index contributed by atoms with van der Waals surface area (Å²) in [4.78, 5) is 8.14. The molecule has 2 aromatic rings. The molecule has 0 fully saturated rings. The van der Waals surface area contributed by atoms with Crippen molar-refractivity contribution >= 4 is 5.71 Å². The average molecular weight is 310 g/mol. The zero-order chi connectivity index (χ0) is 15.6. The van der Waals surface area contributed by atoms with Crippen LogP contribution < -0.4 is 0 Å². The lowest BCUT2D eigenvalue weighted by atomic mass is 10.0. The minimum atomic E-state index is 0.156. The van der Waals surface area contributed by atoms with Crippen molar-refractivity contribution in [1.82, 2.24) is 15.1 Å². The lowest BCUT2D eigenvalue weighted by molar-refractivity contribution is 0.0486. The third-order valence-corrected chi connectivity index (χ3v) is 4.73. The van der Waals surface area contributed by atoms with Crippen LogP contribution in [0.5, 0.6) is 0 Å². The maximum absolute atomic E-state index is 5.67. The quantitative estimate of drug-likeness (QED) is 0.944. The molecule has 0 bridgehead atoms. The van der Waals surface area contributed by atoms with Crippen molar-refractivity contribution in [2.24, 2.45) is 5.16 Å². The van der Waals surface area contributed by atoms with Gasteiger partial charge in [0.15, 0.2) is 0 Å². The smallest absolute Gasteiger partial charge is 0.145 e. The summed E-state index contributed by atoms with van der Waals surface area (Å²) in [5, 5.41) is 11.9. The molecule has 0 amide bonds. The van der Waals surface area contributed by atoms with Crippen molar-refractivity contribution in [3.8, 4) is 0 Å². The van der Waals surface area contributed by atoms with Crippen molar-refractivity contribution < 1.29 is 4.84 Å². The fourth-order valence-corrected chi connectivity index (χ4v) is 3.47. The molecule has 120 valence electrons. The molecule has 2 aliphatic heterocycles. The summed E-state index contributed by atoms with van der Waals surface area (Å²) < 4.78 is 0. The molecule has 0 saturated heterocycles. The molecule has 4 rings (SSSR count). The summed E-state index contributed by atoms with van der Waals surface area (Å²) in [5.41, 5.74) is 6.13. The van der Waals surface area contributed by atoms with E-state index in [1.165, 1.54) is 22.5 Å². The molecule has 2 aliphatic rings. The van der Waals surface area contributed by atoms with Crippen molar-refractivity contribution in [3.05, 3.63) is 52.8 Å². The molecule has 1 aromatic heterocycles. The van der Waals surface area contributed by atoms with E-state index in [0.717, 1.165) is 44.6 Å². The molecule has 23 heavy (non-hydrogen) atoms. The number of hydrogen-bond donors (Lipinski definition) is 1. The molecule has 1 N–H and O–H groups in total. The van der Waals surface area contributed by atoms with E-state index in [-0.39, 0.29) is 6.10 Å².